The molecule has 0 amide bonds. The number of carbonyl (C=O) groups excluding carboxylic acids is 3. The summed E-state index contributed by atoms with van der Waals surface area (Å²) in [5, 5.41) is 20.4. The predicted octanol–water partition coefficient (Wildman–Crippen LogP) is 14.6. The molecule has 0 aliphatic carbocycles. The van der Waals surface area contributed by atoms with Gasteiger partial charge in [0.2, 0.25) is 0 Å². The molecular formula is C47H93O7Ti-5. The van der Waals surface area contributed by atoms with Gasteiger partial charge in [0.1, 0.15) is 0 Å². The number of unbranched alkanes of at least 4 members (excludes halogenated alkanes) is 15. The van der Waals surface area contributed by atoms with Crippen LogP contribution < -0.4 is 0 Å². The van der Waals surface area contributed by atoms with Crippen LogP contribution in [0.3, 0.4) is 0 Å². The molecule has 8 heteroatoms. The van der Waals surface area contributed by atoms with Crippen LogP contribution in [-0.4, -0.2) is 41.1 Å². The number of rotatable bonds is 21. The molecule has 0 saturated heterocycles. The fourth-order valence-electron chi connectivity index (χ4n) is 4.15. The second-order valence-electron chi connectivity index (χ2n) is 18.2. The molecule has 332 valence electrons. The van der Waals surface area contributed by atoms with Crippen LogP contribution in [0.1, 0.15) is 218 Å². The van der Waals surface area contributed by atoms with Crippen molar-refractivity contribution >= 4 is 18.9 Å². The monoisotopic (exact) mass is 818 g/mol. The second-order valence-corrected chi connectivity index (χ2v) is 18.2. The summed E-state index contributed by atoms with van der Waals surface area (Å²) in [6.45, 7) is 39.8. The van der Waals surface area contributed by atoms with Crippen molar-refractivity contribution in [1.82, 2.24) is 0 Å². The van der Waals surface area contributed by atoms with Crippen molar-refractivity contribution in [3.63, 3.8) is 0 Å². The Morgan fingerprint density at radius 1 is 0.436 bits per heavy atom. The maximum atomic E-state index is 9.90. The van der Waals surface area contributed by atoms with Crippen LogP contribution in [0.15, 0.2) is 25.3 Å². The molecule has 0 bridgehead atoms. The molecule has 0 rings (SSSR count). The van der Waals surface area contributed by atoms with E-state index in [2.05, 4.69) is 89.3 Å². The first-order valence-corrected chi connectivity index (χ1v) is 21.1. The van der Waals surface area contributed by atoms with Crippen LogP contribution in [0.5, 0.6) is 0 Å². The molecule has 0 aromatic heterocycles. The van der Waals surface area contributed by atoms with Crippen molar-refractivity contribution in [3.05, 3.63) is 39.2 Å². The summed E-state index contributed by atoms with van der Waals surface area (Å²) in [4.78, 5) is 29.7. The van der Waals surface area contributed by atoms with Crippen LogP contribution >= 0.6 is 0 Å². The molecular weight excluding hydrogens is 724 g/mol. The molecule has 0 atom stereocenters. The van der Waals surface area contributed by atoms with Gasteiger partial charge < -0.3 is 19.5 Å². The maximum absolute atomic E-state index is 9.90. The second kappa shape index (κ2) is 57.0. The normalized spacial score (nSPS) is 10.1. The SMILES string of the molecule is C=C[CH2-].C=C[CH2-].CC(C)(C)CCCCCCC[C-]=O.CC(C)(C)CCCCCCC[C-]=O.CC(C)(C)CCCCCCC[C-]=O.CC(C)(C)CO.OO.[O]=[Ti]. The quantitative estimate of drug-likeness (QED) is 0.0346. The zero-order valence-electron chi connectivity index (χ0n) is 38.5. The number of aliphatic hydroxyl groups excluding tert-OH is 1. The minimum atomic E-state index is 0.0972. The molecule has 0 aliphatic heterocycles. The standard InChI is InChI=1S/3C12H23O.C5H12O.2C3H5.H2O2.O.Ti/c3*1-12(2,3)10-8-6-4-5-7-9-11-13;1-5(2,3)4-6;2*1-3-2;1-2;;/h3*4-10H2,1-3H3;6H,4H2,1-3H3;2*3H,1-2H2;1-2H;;/q3*-1;;2*-1;;;. The molecule has 0 saturated carbocycles. The van der Waals surface area contributed by atoms with E-state index >= 15 is 0 Å². The summed E-state index contributed by atoms with van der Waals surface area (Å²) in [6, 6.07) is 0. The number of aliphatic hydroxyl groups is 1. The van der Waals surface area contributed by atoms with Gasteiger partial charge in [-0.1, -0.05) is 179 Å². The third-order valence-electron chi connectivity index (χ3n) is 7.09. The van der Waals surface area contributed by atoms with E-state index in [1.54, 1.807) is 0 Å². The summed E-state index contributed by atoms with van der Waals surface area (Å²) in [5.74, 6) is 0. The van der Waals surface area contributed by atoms with Gasteiger partial charge in [-0.2, -0.15) is 19.3 Å². The van der Waals surface area contributed by atoms with Crippen molar-refractivity contribution in [2.45, 2.75) is 218 Å². The molecule has 0 unspecified atom stereocenters. The fourth-order valence-corrected chi connectivity index (χ4v) is 4.15. The van der Waals surface area contributed by atoms with Gasteiger partial charge >= 0.3 is 23.7 Å². The van der Waals surface area contributed by atoms with E-state index in [4.69, 9.17) is 18.9 Å². The van der Waals surface area contributed by atoms with E-state index in [1.165, 1.54) is 108 Å². The summed E-state index contributed by atoms with van der Waals surface area (Å²) >= 11 is 0.750. The van der Waals surface area contributed by atoms with Crippen molar-refractivity contribution in [1.29, 1.82) is 0 Å². The van der Waals surface area contributed by atoms with Gasteiger partial charge in [-0.25, -0.2) is 39.2 Å². The Morgan fingerprint density at radius 3 is 0.709 bits per heavy atom. The van der Waals surface area contributed by atoms with Gasteiger partial charge in [0.05, 0.1) is 0 Å². The Kier molecular flexibility index (Phi) is 73.9. The first kappa shape index (κ1) is 71.3. The van der Waals surface area contributed by atoms with Gasteiger partial charge in [-0.05, 0) is 40.9 Å². The summed E-state index contributed by atoms with van der Waals surface area (Å²) < 4.78 is 8.25. The van der Waals surface area contributed by atoms with Crippen molar-refractivity contribution in [3.8, 4) is 0 Å². The molecule has 0 fully saturated rings. The molecule has 0 aromatic carbocycles. The molecule has 0 spiro atoms. The topological polar surface area (TPSA) is 129 Å². The molecule has 0 radical (unpaired) electrons. The molecule has 0 aromatic rings. The van der Waals surface area contributed by atoms with E-state index in [0.717, 1.165) is 39.7 Å². The number of hydrogen-bond donors (Lipinski definition) is 3. The number of hydrogen-bond acceptors (Lipinski definition) is 7. The Labute approximate surface area is 356 Å². The Balaban J connectivity index is -0.0000000841. The third-order valence-corrected chi connectivity index (χ3v) is 7.09. The Morgan fingerprint density at radius 2 is 0.582 bits per heavy atom. The van der Waals surface area contributed by atoms with Crippen LogP contribution in [0, 0.1) is 35.5 Å². The van der Waals surface area contributed by atoms with E-state index in [1.807, 2.05) is 39.6 Å². The Bertz CT molecular complexity index is 645. The van der Waals surface area contributed by atoms with Crippen LogP contribution in [-0.2, 0) is 38.1 Å². The summed E-state index contributed by atoms with van der Waals surface area (Å²) in [5.41, 5.74) is 1.55. The van der Waals surface area contributed by atoms with Crippen molar-refractivity contribution in [2.75, 3.05) is 6.61 Å². The minimum absolute atomic E-state index is 0.0972. The van der Waals surface area contributed by atoms with Gasteiger partial charge in [-0.3, -0.25) is 29.4 Å². The molecule has 0 heterocycles. The average Bonchev–Trinajstić information content (AvgIpc) is 3.09. The zero-order valence-corrected chi connectivity index (χ0v) is 40.1. The van der Waals surface area contributed by atoms with Gasteiger partial charge in [-0.15, -0.1) is 0 Å². The fraction of sp³-hybridized carbons (Fsp3) is 0.809. The molecule has 55 heavy (non-hydrogen) atoms. The molecule has 0 aliphatic rings. The molecule has 7 nitrogen and oxygen atoms in total. The number of allylic oxidation sites excluding steroid dienone is 2. The van der Waals surface area contributed by atoms with Gasteiger partial charge in [0, 0.05) is 6.61 Å². The summed E-state index contributed by atoms with van der Waals surface area (Å²) in [6.07, 6.45) is 33.0. The first-order chi connectivity index (χ1) is 25.6. The van der Waals surface area contributed by atoms with E-state index in [9.17, 15) is 14.4 Å². The molecule has 3 N–H and O–H groups in total. The predicted molar refractivity (Wildman–Crippen MR) is 236 cm³/mol. The van der Waals surface area contributed by atoms with Gasteiger partial charge in [0.25, 0.3) is 0 Å². The Hall–Kier alpha value is -1.38. The van der Waals surface area contributed by atoms with Crippen LogP contribution in [0.25, 0.3) is 0 Å². The van der Waals surface area contributed by atoms with E-state index in [-0.39, 0.29) is 12.0 Å². The van der Waals surface area contributed by atoms with Crippen LogP contribution in [0.4, 0.5) is 0 Å². The average molecular weight is 818 g/mol. The van der Waals surface area contributed by atoms with Gasteiger partial charge in [0.15, 0.2) is 0 Å². The summed E-state index contributed by atoms with van der Waals surface area (Å²) in [7, 11) is 0. The van der Waals surface area contributed by atoms with Crippen molar-refractivity contribution < 1.29 is 53.7 Å². The first-order valence-electron chi connectivity index (χ1n) is 20.4. The van der Waals surface area contributed by atoms with Crippen molar-refractivity contribution in [2.24, 2.45) is 21.7 Å². The third kappa shape index (κ3) is 135. The van der Waals surface area contributed by atoms with Crippen LogP contribution in [0.2, 0.25) is 0 Å². The van der Waals surface area contributed by atoms with E-state index in [0.29, 0.717) is 35.5 Å². The zero-order chi connectivity index (χ0) is 45.1. The van der Waals surface area contributed by atoms with E-state index < -0.39 is 0 Å².